The fraction of sp³-hybridized carbons (Fsp3) is 0.400. The second-order valence-electron chi connectivity index (χ2n) is 5.95. The van der Waals surface area contributed by atoms with E-state index in [1.165, 1.54) is 0 Å². The molecule has 2 rings (SSSR count). The molecule has 5 nitrogen and oxygen atoms in total. The van der Waals surface area contributed by atoms with E-state index in [1.54, 1.807) is 25.3 Å². The second kappa shape index (κ2) is 11.2. The zero-order chi connectivity index (χ0) is 19.6. The first-order chi connectivity index (χ1) is 13.0. The van der Waals surface area contributed by atoms with Crippen LogP contribution < -0.4 is 4.90 Å². The average Bonchev–Trinajstić information content (AvgIpc) is 2.66. The van der Waals surface area contributed by atoms with Gasteiger partial charge in [0.2, 0.25) is 0 Å². The number of rotatable bonds is 10. The van der Waals surface area contributed by atoms with Gasteiger partial charge in [-0.05, 0) is 55.8 Å². The molecule has 146 valence electrons. The topological polar surface area (TPSA) is 46.4 Å². The molecule has 0 unspecified atom stereocenters. The summed E-state index contributed by atoms with van der Waals surface area (Å²) in [4.78, 5) is 2.26. The molecular formula is C20H25Cl2N3O2. The monoisotopic (exact) mass is 409 g/mol. The van der Waals surface area contributed by atoms with Crippen molar-refractivity contribution >= 4 is 40.3 Å². The number of hydrogen-bond donors (Lipinski definition) is 0. The molecule has 0 saturated heterocycles. The van der Waals surface area contributed by atoms with Gasteiger partial charge in [0.05, 0.1) is 30.5 Å². The normalized spacial score (nSPS) is 11.3. The molecule has 27 heavy (non-hydrogen) atoms. The number of methoxy groups -OCH3 is 1. The van der Waals surface area contributed by atoms with Gasteiger partial charge in [0, 0.05) is 30.9 Å². The van der Waals surface area contributed by atoms with Gasteiger partial charge in [-0.15, -0.1) is 5.11 Å². The van der Waals surface area contributed by atoms with E-state index < -0.39 is 0 Å². The number of hydrogen-bond acceptors (Lipinski definition) is 5. The first-order valence-electron chi connectivity index (χ1n) is 8.84. The Morgan fingerprint density at radius 1 is 0.963 bits per heavy atom. The van der Waals surface area contributed by atoms with E-state index >= 15 is 0 Å². The Hall–Kier alpha value is -1.66. The smallest absolute Gasteiger partial charge is 0.106 e. The van der Waals surface area contributed by atoms with Crippen molar-refractivity contribution in [2.45, 2.75) is 13.8 Å². The molecule has 0 aliphatic rings. The highest BCUT2D eigenvalue weighted by Gasteiger charge is 2.07. The Morgan fingerprint density at radius 2 is 1.74 bits per heavy atom. The number of ether oxygens (including phenoxy) is 2. The van der Waals surface area contributed by atoms with Crippen LogP contribution in [0.5, 0.6) is 0 Å². The molecule has 7 heteroatoms. The van der Waals surface area contributed by atoms with Crippen molar-refractivity contribution < 1.29 is 9.47 Å². The zero-order valence-electron chi connectivity index (χ0n) is 15.9. The van der Waals surface area contributed by atoms with E-state index in [-0.39, 0.29) is 0 Å². The van der Waals surface area contributed by atoms with Crippen molar-refractivity contribution in [3.63, 3.8) is 0 Å². The van der Waals surface area contributed by atoms with Crippen LogP contribution in [0, 0.1) is 6.92 Å². The average molecular weight is 410 g/mol. The fourth-order valence-electron chi connectivity index (χ4n) is 2.51. The summed E-state index contributed by atoms with van der Waals surface area (Å²) in [6.45, 7) is 7.73. The van der Waals surface area contributed by atoms with Crippen LogP contribution >= 0.6 is 23.2 Å². The molecule has 2 aromatic carbocycles. The van der Waals surface area contributed by atoms with Crippen LogP contribution in [-0.4, -0.2) is 40.0 Å². The van der Waals surface area contributed by atoms with E-state index in [1.807, 2.05) is 19.1 Å². The number of likely N-dealkylation sites (N-methyl/N-ethyl adjacent to an activating group) is 1. The second-order valence-corrected chi connectivity index (χ2v) is 6.79. The van der Waals surface area contributed by atoms with E-state index in [4.69, 9.17) is 32.7 Å². The maximum absolute atomic E-state index is 6.13. The Kier molecular flexibility index (Phi) is 9.01. The van der Waals surface area contributed by atoms with Crippen molar-refractivity contribution in [2.24, 2.45) is 10.2 Å². The minimum absolute atomic E-state index is 0.517. The third-order valence-corrected chi connectivity index (χ3v) is 4.59. The molecule has 0 aliphatic carbocycles. The highest BCUT2D eigenvalue weighted by atomic mass is 35.5. The standard InChI is InChI=1S/C20H25Cl2N3O2/c1-4-25(9-10-27-12-11-26-3)17-6-8-19(15(2)13-17)23-24-20-14-16(21)5-7-18(20)22/h5-8,13-14H,4,9-12H2,1-3H3. The van der Waals surface area contributed by atoms with Crippen molar-refractivity contribution in [1.82, 2.24) is 0 Å². The summed E-state index contributed by atoms with van der Waals surface area (Å²) < 4.78 is 10.6. The van der Waals surface area contributed by atoms with Gasteiger partial charge < -0.3 is 14.4 Å². The lowest BCUT2D eigenvalue weighted by molar-refractivity contribution is 0.0741. The lowest BCUT2D eigenvalue weighted by Crippen LogP contribution is -2.27. The van der Waals surface area contributed by atoms with Gasteiger partial charge in [0.15, 0.2) is 0 Å². The number of aryl methyl sites for hydroxylation is 1. The zero-order valence-corrected chi connectivity index (χ0v) is 17.4. The summed E-state index contributed by atoms with van der Waals surface area (Å²) in [7, 11) is 1.67. The SMILES string of the molecule is CCN(CCOCCOC)c1ccc(N=Nc2cc(Cl)ccc2Cl)c(C)c1. The predicted octanol–water partition coefficient (Wildman–Crippen LogP) is 6.21. The number of halogens is 2. The Morgan fingerprint density at radius 3 is 2.44 bits per heavy atom. The molecule has 0 fully saturated rings. The molecule has 0 radical (unpaired) electrons. The lowest BCUT2D eigenvalue weighted by Gasteiger charge is -2.23. The van der Waals surface area contributed by atoms with Gasteiger partial charge in [-0.25, -0.2) is 0 Å². The van der Waals surface area contributed by atoms with Gasteiger partial charge in [-0.2, -0.15) is 5.11 Å². The van der Waals surface area contributed by atoms with E-state index in [2.05, 4.69) is 28.1 Å². The Labute approximate surface area is 170 Å². The summed E-state index contributed by atoms with van der Waals surface area (Å²) in [5.41, 5.74) is 3.51. The first-order valence-corrected chi connectivity index (χ1v) is 9.59. The minimum Gasteiger partial charge on any atom is -0.382 e. The fourth-order valence-corrected chi connectivity index (χ4v) is 2.83. The molecule has 2 aromatic rings. The van der Waals surface area contributed by atoms with Gasteiger partial charge in [0.25, 0.3) is 0 Å². The van der Waals surface area contributed by atoms with Crippen LogP contribution in [0.25, 0.3) is 0 Å². The number of azo groups is 1. The quantitative estimate of drug-likeness (QED) is 0.346. The predicted molar refractivity (Wildman–Crippen MR) is 112 cm³/mol. The molecule has 0 bridgehead atoms. The van der Waals surface area contributed by atoms with Gasteiger partial charge in [0.1, 0.15) is 5.69 Å². The largest absolute Gasteiger partial charge is 0.382 e. The molecule has 0 aromatic heterocycles. The maximum atomic E-state index is 6.13. The summed E-state index contributed by atoms with van der Waals surface area (Å²) >= 11 is 12.1. The molecule has 0 amide bonds. The number of nitrogens with zero attached hydrogens (tertiary/aromatic N) is 3. The molecule has 0 N–H and O–H groups in total. The third-order valence-electron chi connectivity index (χ3n) is 4.04. The van der Waals surface area contributed by atoms with Crippen LogP contribution in [0.15, 0.2) is 46.6 Å². The summed E-state index contributed by atoms with van der Waals surface area (Å²) in [5.74, 6) is 0. The lowest BCUT2D eigenvalue weighted by atomic mass is 10.1. The van der Waals surface area contributed by atoms with E-state index in [9.17, 15) is 0 Å². The highest BCUT2D eigenvalue weighted by molar-refractivity contribution is 6.35. The van der Waals surface area contributed by atoms with Gasteiger partial charge in [-0.1, -0.05) is 23.2 Å². The van der Waals surface area contributed by atoms with Crippen LogP contribution in [0.3, 0.4) is 0 Å². The van der Waals surface area contributed by atoms with Crippen LogP contribution in [0.1, 0.15) is 12.5 Å². The van der Waals surface area contributed by atoms with Gasteiger partial charge in [-0.3, -0.25) is 0 Å². The van der Waals surface area contributed by atoms with Crippen LogP contribution in [0.4, 0.5) is 17.1 Å². The Balaban J connectivity index is 2.05. The molecule has 0 aliphatic heterocycles. The molecule has 0 atom stereocenters. The first kappa shape index (κ1) is 21.6. The van der Waals surface area contributed by atoms with E-state index in [0.717, 1.165) is 30.0 Å². The maximum Gasteiger partial charge on any atom is 0.106 e. The molecule has 0 spiro atoms. The Bertz CT molecular complexity index is 769. The molecule has 0 heterocycles. The highest BCUT2D eigenvalue weighted by Crippen LogP contribution is 2.31. The van der Waals surface area contributed by atoms with E-state index in [0.29, 0.717) is 35.6 Å². The number of benzene rings is 2. The third kappa shape index (κ3) is 6.78. The summed E-state index contributed by atoms with van der Waals surface area (Å²) in [6.07, 6.45) is 0. The van der Waals surface area contributed by atoms with Crippen molar-refractivity contribution in [2.75, 3.05) is 44.9 Å². The molecular weight excluding hydrogens is 385 g/mol. The summed E-state index contributed by atoms with van der Waals surface area (Å²) in [5, 5.41) is 9.65. The minimum atomic E-state index is 0.517. The molecule has 0 saturated carbocycles. The van der Waals surface area contributed by atoms with Gasteiger partial charge >= 0.3 is 0 Å². The number of anilines is 1. The van der Waals surface area contributed by atoms with Crippen molar-refractivity contribution in [3.05, 3.63) is 52.0 Å². The van der Waals surface area contributed by atoms with Crippen molar-refractivity contribution in [3.8, 4) is 0 Å². The van der Waals surface area contributed by atoms with Crippen molar-refractivity contribution in [1.29, 1.82) is 0 Å². The van der Waals surface area contributed by atoms with Crippen LogP contribution in [0.2, 0.25) is 10.0 Å². The summed E-state index contributed by atoms with van der Waals surface area (Å²) in [6, 6.07) is 11.2. The van der Waals surface area contributed by atoms with Crippen LogP contribution in [-0.2, 0) is 9.47 Å².